The number of fused-ring (bicyclic) bond motifs is 1. The van der Waals surface area contributed by atoms with Gasteiger partial charge in [-0.05, 0) is 54.8 Å². The van der Waals surface area contributed by atoms with Crippen LogP contribution in [-0.2, 0) is 30.7 Å². The Hall–Kier alpha value is -2.98. The molecule has 10 heteroatoms. The Labute approximate surface area is 202 Å². The van der Waals surface area contributed by atoms with Crippen LogP contribution in [0.1, 0.15) is 38.7 Å². The van der Waals surface area contributed by atoms with Crippen molar-refractivity contribution in [3.8, 4) is 5.75 Å². The number of aromatic nitrogens is 1. The van der Waals surface area contributed by atoms with Crippen LogP contribution in [0.25, 0.3) is 10.2 Å². The molecule has 0 aliphatic carbocycles. The zero-order valence-corrected chi connectivity index (χ0v) is 21.2. The minimum atomic E-state index is -3.66. The first-order valence-electron chi connectivity index (χ1n) is 10.9. The molecule has 0 saturated carbocycles. The van der Waals surface area contributed by atoms with E-state index in [0.29, 0.717) is 16.5 Å². The Balaban J connectivity index is 1.89. The van der Waals surface area contributed by atoms with Crippen LogP contribution >= 0.6 is 11.3 Å². The van der Waals surface area contributed by atoms with E-state index < -0.39 is 21.7 Å². The smallest absolute Gasteiger partial charge is 0.326 e. The predicted molar refractivity (Wildman–Crippen MR) is 131 cm³/mol. The largest absolute Gasteiger partial charge is 0.497 e. The lowest BCUT2D eigenvalue weighted by Crippen LogP contribution is -2.23. The van der Waals surface area contributed by atoms with Crippen molar-refractivity contribution in [2.45, 2.75) is 44.6 Å². The number of amides is 1. The molecular formula is C24H28N2O6S2. The maximum atomic E-state index is 12.6. The Bertz CT molecular complexity index is 1350. The van der Waals surface area contributed by atoms with Gasteiger partial charge in [-0.2, -0.15) is 4.99 Å². The first-order chi connectivity index (χ1) is 16.1. The third-order valence-electron chi connectivity index (χ3n) is 5.19. The van der Waals surface area contributed by atoms with Crippen LogP contribution in [-0.4, -0.2) is 44.3 Å². The number of carbonyl (C=O) groups is 2. The maximum absolute atomic E-state index is 12.6. The van der Waals surface area contributed by atoms with Gasteiger partial charge in [0.25, 0.3) is 0 Å². The van der Waals surface area contributed by atoms with Crippen molar-refractivity contribution >= 4 is 43.3 Å². The SMILES string of the molecule is CCOC(=O)Cn1c(=NC(=O)CCS(=O)(=O)c2ccc(OC)cc2)sc2cc(C(C)C)ccc21. The van der Waals surface area contributed by atoms with Crippen LogP contribution in [0, 0.1) is 0 Å². The van der Waals surface area contributed by atoms with Crippen molar-refractivity contribution < 1.29 is 27.5 Å². The molecule has 0 atom stereocenters. The maximum Gasteiger partial charge on any atom is 0.326 e. The summed E-state index contributed by atoms with van der Waals surface area (Å²) in [6, 6.07) is 11.9. The molecule has 0 radical (unpaired) electrons. The molecule has 0 unspecified atom stereocenters. The van der Waals surface area contributed by atoms with Crippen molar-refractivity contribution in [3.05, 3.63) is 52.8 Å². The summed E-state index contributed by atoms with van der Waals surface area (Å²) in [5.41, 5.74) is 1.89. The third kappa shape index (κ3) is 6.12. The summed E-state index contributed by atoms with van der Waals surface area (Å²) < 4.78 is 37.9. The van der Waals surface area contributed by atoms with E-state index in [1.807, 2.05) is 18.2 Å². The third-order valence-corrected chi connectivity index (χ3v) is 7.96. The number of esters is 1. The van der Waals surface area contributed by atoms with Crippen LogP contribution in [0.2, 0.25) is 0 Å². The molecular weight excluding hydrogens is 476 g/mol. The molecule has 0 N–H and O–H groups in total. The van der Waals surface area contributed by atoms with Crippen molar-refractivity contribution in [2.75, 3.05) is 19.5 Å². The molecule has 8 nitrogen and oxygen atoms in total. The van der Waals surface area contributed by atoms with Crippen molar-refractivity contribution in [2.24, 2.45) is 4.99 Å². The lowest BCUT2D eigenvalue weighted by Gasteiger charge is -2.07. The van der Waals surface area contributed by atoms with E-state index in [-0.39, 0.29) is 30.2 Å². The normalized spacial score (nSPS) is 12.3. The highest BCUT2D eigenvalue weighted by atomic mass is 32.2. The molecule has 0 spiro atoms. The zero-order chi connectivity index (χ0) is 24.9. The number of rotatable bonds is 9. The van der Waals surface area contributed by atoms with Gasteiger partial charge in [0.2, 0.25) is 5.91 Å². The van der Waals surface area contributed by atoms with Gasteiger partial charge in [-0.1, -0.05) is 31.3 Å². The molecule has 0 aliphatic rings. The van der Waals surface area contributed by atoms with Gasteiger partial charge < -0.3 is 14.0 Å². The van der Waals surface area contributed by atoms with Gasteiger partial charge in [0.05, 0.1) is 34.6 Å². The standard InChI is InChI=1S/C24H28N2O6S2/c1-5-32-23(28)15-26-20-11-6-17(16(2)3)14-21(20)33-24(26)25-22(27)12-13-34(29,30)19-9-7-18(31-4)8-10-19/h6-11,14,16H,5,12-13,15H2,1-4H3. The van der Waals surface area contributed by atoms with Gasteiger partial charge in [0, 0.05) is 6.42 Å². The number of hydrogen-bond donors (Lipinski definition) is 0. The number of sulfone groups is 1. The van der Waals surface area contributed by atoms with E-state index in [9.17, 15) is 18.0 Å². The summed E-state index contributed by atoms with van der Waals surface area (Å²) in [6.07, 6.45) is -0.279. The monoisotopic (exact) mass is 504 g/mol. The van der Waals surface area contributed by atoms with E-state index >= 15 is 0 Å². The second-order valence-corrected chi connectivity index (χ2v) is 11.0. The second kappa shape index (κ2) is 11.0. The van der Waals surface area contributed by atoms with E-state index in [2.05, 4.69) is 18.8 Å². The fourth-order valence-electron chi connectivity index (χ4n) is 3.31. The van der Waals surface area contributed by atoms with Gasteiger partial charge in [-0.15, -0.1) is 0 Å². The van der Waals surface area contributed by atoms with Crippen molar-refractivity contribution in [1.29, 1.82) is 0 Å². The van der Waals surface area contributed by atoms with Crippen LogP contribution in [0.3, 0.4) is 0 Å². The Morgan fingerprint density at radius 3 is 2.44 bits per heavy atom. The van der Waals surface area contributed by atoms with Gasteiger partial charge >= 0.3 is 5.97 Å². The summed E-state index contributed by atoms with van der Waals surface area (Å²) in [7, 11) is -2.17. The zero-order valence-electron chi connectivity index (χ0n) is 19.6. The minimum absolute atomic E-state index is 0.0921. The lowest BCUT2D eigenvalue weighted by molar-refractivity contribution is -0.143. The average molecular weight is 505 g/mol. The van der Waals surface area contributed by atoms with Gasteiger partial charge in [-0.25, -0.2) is 8.42 Å². The number of ether oxygens (including phenoxy) is 2. The molecule has 0 saturated heterocycles. The number of thiazole rings is 1. The Morgan fingerprint density at radius 2 is 1.82 bits per heavy atom. The van der Waals surface area contributed by atoms with E-state index in [1.54, 1.807) is 23.6 Å². The van der Waals surface area contributed by atoms with E-state index in [4.69, 9.17) is 9.47 Å². The predicted octanol–water partition coefficient (Wildman–Crippen LogP) is 3.69. The lowest BCUT2D eigenvalue weighted by atomic mass is 10.0. The minimum Gasteiger partial charge on any atom is -0.497 e. The Morgan fingerprint density at radius 1 is 1.12 bits per heavy atom. The highest BCUT2D eigenvalue weighted by molar-refractivity contribution is 7.91. The first-order valence-corrected chi connectivity index (χ1v) is 13.3. The highest BCUT2D eigenvalue weighted by Crippen LogP contribution is 2.24. The van der Waals surface area contributed by atoms with Crippen LogP contribution in [0.15, 0.2) is 52.4 Å². The fraction of sp³-hybridized carbons (Fsp3) is 0.375. The molecule has 34 heavy (non-hydrogen) atoms. The van der Waals surface area contributed by atoms with Crippen molar-refractivity contribution in [3.63, 3.8) is 0 Å². The number of hydrogen-bond acceptors (Lipinski definition) is 7. The summed E-state index contributed by atoms with van der Waals surface area (Å²) in [6.45, 7) is 6.04. The fourth-order valence-corrected chi connectivity index (χ4v) is 5.63. The molecule has 1 heterocycles. The van der Waals surface area contributed by atoms with Gasteiger partial charge in [-0.3, -0.25) is 9.59 Å². The molecule has 0 fully saturated rings. The van der Waals surface area contributed by atoms with Crippen LogP contribution in [0.4, 0.5) is 0 Å². The number of carbonyl (C=O) groups excluding carboxylic acids is 2. The molecule has 1 aromatic heterocycles. The quantitative estimate of drug-likeness (QED) is 0.412. The van der Waals surface area contributed by atoms with E-state index in [0.717, 1.165) is 15.8 Å². The molecule has 2 aromatic carbocycles. The van der Waals surface area contributed by atoms with E-state index in [1.165, 1.54) is 30.6 Å². The summed E-state index contributed by atoms with van der Waals surface area (Å²) in [5, 5.41) is 0. The van der Waals surface area contributed by atoms with Crippen LogP contribution in [0.5, 0.6) is 5.75 Å². The summed E-state index contributed by atoms with van der Waals surface area (Å²) in [5.74, 6) is -0.532. The molecule has 0 aliphatic heterocycles. The highest BCUT2D eigenvalue weighted by Gasteiger charge is 2.18. The average Bonchev–Trinajstić information content (AvgIpc) is 3.13. The molecule has 3 rings (SSSR count). The number of nitrogens with zero attached hydrogens (tertiary/aromatic N) is 2. The topological polar surface area (TPSA) is 104 Å². The summed E-state index contributed by atoms with van der Waals surface area (Å²) >= 11 is 1.28. The molecule has 182 valence electrons. The molecule has 3 aromatic rings. The van der Waals surface area contributed by atoms with Gasteiger partial charge in [0.1, 0.15) is 12.3 Å². The molecule has 1 amide bonds. The number of methoxy groups -OCH3 is 1. The second-order valence-electron chi connectivity index (χ2n) is 7.91. The molecule has 0 bridgehead atoms. The Kier molecular flexibility index (Phi) is 8.27. The van der Waals surface area contributed by atoms with Crippen molar-refractivity contribution in [1.82, 2.24) is 4.57 Å². The van der Waals surface area contributed by atoms with Crippen LogP contribution < -0.4 is 9.54 Å². The van der Waals surface area contributed by atoms with Gasteiger partial charge in [0.15, 0.2) is 14.6 Å². The first kappa shape index (κ1) is 25.6. The summed E-state index contributed by atoms with van der Waals surface area (Å²) in [4.78, 5) is 29.4. The number of benzene rings is 2.